The van der Waals surface area contributed by atoms with Crippen molar-refractivity contribution < 1.29 is 4.39 Å². The Morgan fingerprint density at radius 3 is 2.74 bits per heavy atom. The predicted molar refractivity (Wildman–Crippen MR) is 71.4 cm³/mol. The summed E-state index contributed by atoms with van der Waals surface area (Å²) in [5, 5.41) is 7.40. The van der Waals surface area contributed by atoms with Crippen LogP contribution in [0, 0.1) is 5.82 Å². The van der Waals surface area contributed by atoms with Gasteiger partial charge in [0, 0.05) is 0 Å². The minimum atomic E-state index is -0.333. The first-order chi connectivity index (χ1) is 9.22. The van der Waals surface area contributed by atoms with Crippen molar-refractivity contribution in [1.82, 2.24) is 14.6 Å². The molecule has 96 valence electrons. The average molecular weight is 256 g/mol. The van der Waals surface area contributed by atoms with E-state index < -0.39 is 0 Å². The van der Waals surface area contributed by atoms with E-state index in [0.717, 1.165) is 5.56 Å². The third-order valence-corrected chi connectivity index (χ3v) is 2.94. The lowest BCUT2D eigenvalue weighted by Gasteiger charge is -2.11. The monoisotopic (exact) mass is 256 g/mol. The van der Waals surface area contributed by atoms with Crippen molar-refractivity contribution in [3.8, 4) is 0 Å². The van der Waals surface area contributed by atoms with Gasteiger partial charge in [-0.1, -0.05) is 30.3 Å². The number of nitrogens with zero attached hydrogens (tertiary/aromatic N) is 3. The third-order valence-electron chi connectivity index (χ3n) is 2.94. The number of fused-ring (bicyclic) bond motifs is 1. The second kappa shape index (κ2) is 4.68. The van der Waals surface area contributed by atoms with Gasteiger partial charge in [0.2, 0.25) is 5.95 Å². The van der Waals surface area contributed by atoms with Gasteiger partial charge in [-0.2, -0.15) is 4.98 Å². The molecule has 0 saturated heterocycles. The van der Waals surface area contributed by atoms with E-state index >= 15 is 0 Å². The molecule has 19 heavy (non-hydrogen) atoms. The lowest BCUT2D eigenvalue weighted by molar-refractivity contribution is 0.614. The predicted octanol–water partition coefficient (Wildman–Crippen LogP) is 3.04. The molecule has 1 unspecified atom stereocenters. The third kappa shape index (κ3) is 2.40. The zero-order valence-corrected chi connectivity index (χ0v) is 10.4. The van der Waals surface area contributed by atoms with Crippen molar-refractivity contribution in [1.29, 1.82) is 0 Å². The number of hydrogen-bond acceptors (Lipinski definition) is 3. The van der Waals surface area contributed by atoms with Crippen LogP contribution in [0.3, 0.4) is 0 Å². The first kappa shape index (κ1) is 11.6. The number of hydrogen-bond donors (Lipinski definition) is 1. The van der Waals surface area contributed by atoms with E-state index in [1.54, 1.807) is 6.07 Å². The Bertz CT molecular complexity index is 693. The molecule has 0 bridgehead atoms. The highest BCUT2D eigenvalue weighted by atomic mass is 19.1. The zero-order chi connectivity index (χ0) is 13.2. The molecular formula is C14H13FN4. The number of anilines is 1. The normalized spacial score (nSPS) is 12.5. The van der Waals surface area contributed by atoms with Crippen LogP contribution in [0.4, 0.5) is 10.3 Å². The summed E-state index contributed by atoms with van der Waals surface area (Å²) in [7, 11) is 0. The Morgan fingerprint density at radius 1 is 1.16 bits per heavy atom. The van der Waals surface area contributed by atoms with Crippen LogP contribution >= 0.6 is 0 Å². The van der Waals surface area contributed by atoms with E-state index in [1.165, 1.54) is 16.8 Å². The largest absolute Gasteiger partial charge is 0.346 e. The minimum absolute atomic E-state index is 0.0865. The number of halogens is 1. The van der Waals surface area contributed by atoms with Gasteiger partial charge in [0.25, 0.3) is 0 Å². The van der Waals surface area contributed by atoms with Crippen LogP contribution in [0.15, 0.2) is 48.7 Å². The van der Waals surface area contributed by atoms with Gasteiger partial charge in [-0.25, -0.2) is 8.91 Å². The second-order valence-corrected chi connectivity index (χ2v) is 4.36. The van der Waals surface area contributed by atoms with Crippen LogP contribution in [0.25, 0.3) is 5.65 Å². The topological polar surface area (TPSA) is 42.2 Å². The Balaban J connectivity index is 1.85. The molecule has 1 N–H and O–H groups in total. The minimum Gasteiger partial charge on any atom is -0.346 e. The van der Waals surface area contributed by atoms with Crippen LogP contribution in [0.5, 0.6) is 0 Å². The highest BCUT2D eigenvalue weighted by Crippen LogP contribution is 2.17. The summed E-state index contributed by atoms with van der Waals surface area (Å²) in [5.74, 6) is 0.155. The number of pyridine rings is 1. The molecule has 0 aliphatic rings. The molecule has 0 fully saturated rings. The lowest BCUT2D eigenvalue weighted by atomic mass is 10.1. The molecule has 5 heteroatoms. The van der Waals surface area contributed by atoms with Crippen LogP contribution in [-0.2, 0) is 0 Å². The molecule has 0 spiro atoms. The van der Waals surface area contributed by atoms with E-state index in [0.29, 0.717) is 11.6 Å². The Morgan fingerprint density at radius 2 is 1.95 bits per heavy atom. The number of rotatable bonds is 3. The van der Waals surface area contributed by atoms with E-state index in [-0.39, 0.29) is 11.9 Å². The van der Waals surface area contributed by atoms with Crippen LogP contribution in [0.2, 0.25) is 0 Å². The van der Waals surface area contributed by atoms with Gasteiger partial charge in [-0.05, 0) is 24.6 Å². The smallest absolute Gasteiger partial charge is 0.243 e. The highest BCUT2D eigenvalue weighted by Gasteiger charge is 2.09. The first-order valence-corrected chi connectivity index (χ1v) is 6.06. The van der Waals surface area contributed by atoms with E-state index in [9.17, 15) is 4.39 Å². The molecule has 1 atom stereocenters. The molecule has 0 aliphatic heterocycles. The summed E-state index contributed by atoms with van der Waals surface area (Å²) in [5.41, 5.74) is 1.76. The maximum atomic E-state index is 13.1. The standard InChI is InChI=1S/C14H13FN4/c1-10(11-5-3-2-4-6-11)16-14-17-13-8-7-12(15)9-19(13)18-14/h2-10H,1H3,(H,16,18). The van der Waals surface area contributed by atoms with Crippen LogP contribution < -0.4 is 5.32 Å². The molecule has 2 heterocycles. The molecule has 0 radical (unpaired) electrons. The summed E-state index contributed by atoms with van der Waals surface area (Å²) >= 11 is 0. The quantitative estimate of drug-likeness (QED) is 0.783. The summed E-state index contributed by atoms with van der Waals surface area (Å²) in [6.45, 7) is 2.03. The van der Waals surface area contributed by atoms with Gasteiger partial charge >= 0.3 is 0 Å². The van der Waals surface area contributed by atoms with Crippen molar-refractivity contribution in [2.24, 2.45) is 0 Å². The number of aromatic nitrogens is 3. The van der Waals surface area contributed by atoms with Crippen molar-refractivity contribution in [3.05, 3.63) is 60.0 Å². The van der Waals surface area contributed by atoms with Crippen molar-refractivity contribution in [2.45, 2.75) is 13.0 Å². The summed E-state index contributed by atoms with van der Waals surface area (Å²) < 4.78 is 14.5. The fourth-order valence-corrected chi connectivity index (χ4v) is 1.94. The maximum absolute atomic E-state index is 13.1. The lowest BCUT2D eigenvalue weighted by Crippen LogP contribution is -2.07. The molecule has 4 nitrogen and oxygen atoms in total. The molecule has 1 aromatic carbocycles. The van der Waals surface area contributed by atoms with Gasteiger partial charge in [-0.15, -0.1) is 5.10 Å². The molecule has 0 saturated carbocycles. The van der Waals surface area contributed by atoms with Crippen LogP contribution in [0.1, 0.15) is 18.5 Å². The summed E-state index contributed by atoms with van der Waals surface area (Å²) in [6, 6.07) is 13.1. The van der Waals surface area contributed by atoms with Gasteiger partial charge < -0.3 is 5.32 Å². The van der Waals surface area contributed by atoms with Gasteiger partial charge in [0.15, 0.2) is 5.65 Å². The number of nitrogens with one attached hydrogen (secondary N) is 1. The van der Waals surface area contributed by atoms with E-state index in [1.807, 2.05) is 37.3 Å². The highest BCUT2D eigenvalue weighted by molar-refractivity contribution is 5.44. The SMILES string of the molecule is CC(Nc1nc2ccc(F)cn2n1)c1ccccc1. The van der Waals surface area contributed by atoms with Crippen molar-refractivity contribution in [2.75, 3.05) is 5.32 Å². The van der Waals surface area contributed by atoms with Gasteiger partial charge in [-0.3, -0.25) is 0 Å². The Kier molecular flexibility index (Phi) is 2.87. The average Bonchev–Trinajstić information content (AvgIpc) is 2.81. The fourth-order valence-electron chi connectivity index (χ4n) is 1.94. The zero-order valence-electron chi connectivity index (χ0n) is 10.4. The van der Waals surface area contributed by atoms with E-state index in [4.69, 9.17) is 0 Å². The number of benzene rings is 1. The summed E-state index contributed by atoms with van der Waals surface area (Å²) in [4.78, 5) is 4.29. The van der Waals surface area contributed by atoms with Gasteiger partial charge in [0.05, 0.1) is 12.2 Å². The van der Waals surface area contributed by atoms with Crippen molar-refractivity contribution >= 4 is 11.6 Å². The Labute approximate surface area is 109 Å². The fraction of sp³-hybridized carbons (Fsp3) is 0.143. The summed E-state index contributed by atoms with van der Waals surface area (Å²) in [6.07, 6.45) is 1.31. The molecule has 2 aromatic heterocycles. The van der Waals surface area contributed by atoms with E-state index in [2.05, 4.69) is 15.4 Å². The molecule has 3 aromatic rings. The molecular weight excluding hydrogens is 243 g/mol. The van der Waals surface area contributed by atoms with Gasteiger partial charge in [0.1, 0.15) is 5.82 Å². The Hall–Kier alpha value is -2.43. The maximum Gasteiger partial charge on any atom is 0.243 e. The van der Waals surface area contributed by atoms with Crippen LogP contribution in [-0.4, -0.2) is 14.6 Å². The second-order valence-electron chi connectivity index (χ2n) is 4.36. The first-order valence-electron chi connectivity index (χ1n) is 6.06. The molecule has 0 amide bonds. The molecule has 3 rings (SSSR count). The van der Waals surface area contributed by atoms with Crippen molar-refractivity contribution in [3.63, 3.8) is 0 Å². The molecule has 0 aliphatic carbocycles.